The lowest BCUT2D eigenvalue weighted by Crippen LogP contribution is -2.29. The average molecular weight is 404 g/mol. The predicted molar refractivity (Wildman–Crippen MR) is 107 cm³/mol. The molecule has 150 valence electrons. The van der Waals surface area contributed by atoms with Gasteiger partial charge in [-0.2, -0.15) is 0 Å². The van der Waals surface area contributed by atoms with Crippen molar-refractivity contribution in [3.8, 4) is 11.5 Å². The second-order valence-corrected chi connectivity index (χ2v) is 8.80. The normalized spacial score (nSPS) is 14.3. The van der Waals surface area contributed by atoms with Gasteiger partial charge < -0.3 is 14.8 Å². The van der Waals surface area contributed by atoms with Crippen molar-refractivity contribution in [1.29, 1.82) is 0 Å². The SMILES string of the molecule is CCC(CNC(=O)CCS(=O)(=O)c1ccc2c(c1)OCCO2)c1ccccc1. The smallest absolute Gasteiger partial charge is 0.221 e. The van der Waals surface area contributed by atoms with Gasteiger partial charge >= 0.3 is 0 Å². The minimum Gasteiger partial charge on any atom is -0.486 e. The zero-order chi connectivity index (χ0) is 20.0. The standard InChI is InChI=1S/C21H25NO5S/c1-2-16(17-6-4-3-5-7-17)15-22-21(23)10-13-28(24,25)18-8-9-19-20(14-18)27-12-11-26-19/h3-9,14,16H,2,10-13,15H2,1H3,(H,22,23). The van der Waals surface area contributed by atoms with Gasteiger partial charge in [0.2, 0.25) is 5.91 Å². The highest BCUT2D eigenvalue weighted by Crippen LogP contribution is 2.32. The van der Waals surface area contributed by atoms with Crippen LogP contribution in [0.2, 0.25) is 0 Å². The van der Waals surface area contributed by atoms with Crippen molar-refractivity contribution in [2.24, 2.45) is 0 Å². The monoisotopic (exact) mass is 403 g/mol. The molecular weight excluding hydrogens is 378 g/mol. The second kappa shape index (κ2) is 9.10. The number of hydrogen-bond donors (Lipinski definition) is 1. The summed E-state index contributed by atoms with van der Waals surface area (Å²) in [5, 5.41) is 2.86. The van der Waals surface area contributed by atoms with Gasteiger partial charge in [0.25, 0.3) is 0 Å². The van der Waals surface area contributed by atoms with Crippen molar-refractivity contribution >= 4 is 15.7 Å². The lowest BCUT2D eigenvalue weighted by molar-refractivity contribution is -0.120. The van der Waals surface area contributed by atoms with Crippen LogP contribution in [0.3, 0.4) is 0 Å². The first-order valence-electron chi connectivity index (χ1n) is 9.43. The van der Waals surface area contributed by atoms with E-state index in [-0.39, 0.29) is 28.9 Å². The lowest BCUT2D eigenvalue weighted by atomic mass is 9.96. The number of carbonyl (C=O) groups is 1. The molecule has 28 heavy (non-hydrogen) atoms. The zero-order valence-electron chi connectivity index (χ0n) is 15.9. The van der Waals surface area contributed by atoms with E-state index in [9.17, 15) is 13.2 Å². The number of hydrogen-bond acceptors (Lipinski definition) is 5. The first-order chi connectivity index (χ1) is 13.5. The van der Waals surface area contributed by atoms with Gasteiger partial charge in [0.1, 0.15) is 13.2 Å². The van der Waals surface area contributed by atoms with E-state index >= 15 is 0 Å². The third-order valence-electron chi connectivity index (χ3n) is 4.78. The fourth-order valence-corrected chi connectivity index (χ4v) is 4.36. The van der Waals surface area contributed by atoms with Crippen LogP contribution in [0, 0.1) is 0 Å². The molecule has 3 rings (SSSR count). The van der Waals surface area contributed by atoms with E-state index in [0.717, 1.165) is 12.0 Å². The Balaban J connectivity index is 1.54. The molecule has 0 spiro atoms. The van der Waals surface area contributed by atoms with E-state index < -0.39 is 9.84 Å². The predicted octanol–water partition coefficient (Wildman–Crippen LogP) is 2.93. The molecule has 1 heterocycles. The van der Waals surface area contributed by atoms with E-state index in [1.54, 1.807) is 6.07 Å². The van der Waals surface area contributed by atoms with Gasteiger partial charge in [-0.3, -0.25) is 4.79 Å². The van der Waals surface area contributed by atoms with Crippen LogP contribution in [0.1, 0.15) is 31.2 Å². The molecule has 1 aliphatic rings. The van der Waals surface area contributed by atoms with E-state index in [1.165, 1.54) is 12.1 Å². The molecule has 2 aromatic carbocycles. The van der Waals surface area contributed by atoms with Gasteiger partial charge in [-0.25, -0.2) is 8.42 Å². The first-order valence-corrected chi connectivity index (χ1v) is 11.1. The summed E-state index contributed by atoms with van der Waals surface area (Å²) < 4.78 is 36.0. The van der Waals surface area contributed by atoms with Gasteiger partial charge in [0.15, 0.2) is 21.3 Å². The minimum atomic E-state index is -3.58. The number of sulfone groups is 1. The molecule has 0 radical (unpaired) electrons. The summed E-state index contributed by atoms with van der Waals surface area (Å²) in [6.45, 7) is 3.39. The van der Waals surface area contributed by atoms with Gasteiger partial charge in [0.05, 0.1) is 10.6 Å². The Morgan fingerprint density at radius 1 is 1.07 bits per heavy atom. The molecule has 0 bridgehead atoms. The number of benzene rings is 2. The highest BCUT2D eigenvalue weighted by atomic mass is 32.2. The van der Waals surface area contributed by atoms with Crippen molar-refractivity contribution in [2.45, 2.75) is 30.6 Å². The molecule has 1 N–H and O–H groups in total. The summed E-state index contributed by atoms with van der Waals surface area (Å²) in [7, 11) is -3.58. The summed E-state index contributed by atoms with van der Waals surface area (Å²) in [6.07, 6.45) is 0.807. The van der Waals surface area contributed by atoms with Gasteiger partial charge in [-0.1, -0.05) is 37.3 Å². The Morgan fingerprint density at radius 2 is 1.79 bits per heavy atom. The van der Waals surface area contributed by atoms with Crippen LogP contribution in [0.5, 0.6) is 11.5 Å². The topological polar surface area (TPSA) is 81.7 Å². The van der Waals surface area contributed by atoms with Crippen LogP contribution in [0.15, 0.2) is 53.4 Å². The minimum absolute atomic E-state index is 0.0813. The molecule has 7 heteroatoms. The maximum absolute atomic E-state index is 12.6. The number of nitrogens with one attached hydrogen (secondary N) is 1. The molecule has 1 amide bonds. The quantitative estimate of drug-likeness (QED) is 0.733. The number of carbonyl (C=O) groups excluding carboxylic acids is 1. The van der Waals surface area contributed by atoms with Crippen LogP contribution in [0.25, 0.3) is 0 Å². The Hall–Kier alpha value is -2.54. The Kier molecular flexibility index (Phi) is 6.57. The van der Waals surface area contributed by atoms with Crippen LogP contribution < -0.4 is 14.8 Å². The molecule has 6 nitrogen and oxygen atoms in total. The molecule has 0 saturated carbocycles. The van der Waals surface area contributed by atoms with E-state index in [0.29, 0.717) is 31.3 Å². The maximum Gasteiger partial charge on any atom is 0.221 e. The van der Waals surface area contributed by atoms with Crippen LogP contribution in [-0.4, -0.2) is 39.8 Å². The molecule has 0 aliphatic carbocycles. The van der Waals surface area contributed by atoms with E-state index in [2.05, 4.69) is 12.2 Å². The van der Waals surface area contributed by atoms with Crippen LogP contribution in [-0.2, 0) is 14.6 Å². The summed E-state index contributed by atoms with van der Waals surface area (Å²) >= 11 is 0. The first kappa shape index (κ1) is 20.2. The Morgan fingerprint density at radius 3 is 2.50 bits per heavy atom. The van der Waals surface area contributed by atoms with Crippen molar-refractivity contribution in [2.75, 3.05) is 25.5 Å². The number of amides is 1. The molecule has 2 aromatic rings. The van der Waals surface area contributed by atoms with E-state index in [4.69, 9.17) is 9.47 Å². The van der Waals surface area contributed by atoms with Crippen molar-refractivity contribution in [3.63, 3.8) is 0 Å². The van der Waals surface area contributed by atoms with Crippen LogP contribution in [0.4, 0.5) is 0 Å². The molecule has 1 unspecified atom stereocenters. The summed E-state index contributed by atoms with van der Waals surface area (Å²) in [5.74, 6) is 0.649. The van der Waals surface area contributed by atoms with Gasteiger partial charge in [-0.15, -0.1) is 0 Å². The zero-order valence-corrected chi connectivity index (χ0v) is 16.7. The number of ether oxygens (including phenoxy) is 2. The van der Waals surface area contributed by atoms with Crippen molar-refractivity contribution in [3.05, 3.63) is 54.1 Å². The molecule has 1 aliphatic heterocycles. The molecule has 0 aromatic heterocycles. The fraction of sp³-hybridized carbons (Fsp3) is 0.381. The lowest BCUT2D eigenvalue weighted by Gasteiger charge is -2.19. The number of rotatable bonds is 8. The van der Waals surface area contributed by atoms with Gasteiger partial charge in [0, 0.05) is 24.9 Å². The van der Waals surface area contributed by atoms with Crippen molar-refractivity contribution < 1.29 is 22.7 Å². The fourth-order valence-electron chi connectivity index (χ4n) is 3.11. The second-order valence-electron chi connectivity index (χ2n) is 6.69. The Bertz CT molecular complexity index is 912. The molecular formula is C21H25NO5S. The number of fused-ring (bicyclic) bond motifs is 1. The third kappa shape index (κ3) is 5.04. The van der Waals surface area contributed by atoms with Gasteiger partial charge in [-0.05, 0) is 24.1 Å². The van der Waals surface area contributed by atoms with Crippen molar-refractivity contribution in [1.82, 2.24) is 5.32 Å². The summed E-state index contributed by atoms with van der Waals surface area (Å²) in [6, 6.07) is 14.5. The summed E-state index contributed by atoms with van der Waals surface area (Å²) in [5.41, 5.74) is 1.16. The average Bonchev–Trinajstić information content (AvgIpc) is 2.73. The Labute approximate surface area is 165 Å². The molecule has 0 saturated heterocycles. The highest BCUT2D eigenvalue weighted by Gasteiger charge is 2.21. The van der Waals surface area contributed by atoms with Crippen LogP contribution >= 0.6 is 0 Å². The highest BCUT2D eigenvalue weighted by molar-refractivity contribution is 7.91. The molecule has 0 fully saturated rings. The molecule has 1 atom stereocenters. The largest absolute Gasteiger partial charge is 0.486 e. The third-order valence-corrected chi connectivity index (χ3v) is 6.49. The van der Waals surface area contributed by atoms with E-state index in [1.807, 2.05) is 30.3 Å². The maximum atomic E-state index is 12.6. The summed E-state index contributed by atoms with van der Waals surface area (Å²) in [4.78, 5) is 12.3.